The van der Waals surface area contributed by atoms with E-state index < -0.39 is 0 Å². The summed E-state index contributed by atoms with van der Waals surface area (Å²) in [6.07, 6.45) is 0. The van der Waals surface area contributed by atoms with Crippen molar-refractivity contribution in [2.45, 2.75) is 21.3 Å². The molecule has 0 bridgehead atoms. The van der Waals surface area contributed by atoms with Crippen LogP contribution in [-0.2, 0) is 0 Å². The van der Waals surface area contributed by atoms with Gasteiger partial charge in [0.2, 0.25) is 0 Å². The fourth-order valence-electron chi connectivity index (χ4n) is 4.22. The summed E-state index contributed by atoms with van der Waals surface area (Å²) in [7, 11) is 0. The number of hydrogen-bond donors (Lipinski definition) is 1. The monoisotopic (exact) mass is 770 g/mol. The van der Waals surface area contributed by atoms with Crippen LogP contribution in [0.15, 0.2) is 171 Å². The minimum atomic E-state index is 0. The highest BCUT2D eigenvalue weighted by Crippen LogP contribution is 2.35. The van der Waals surface area contributed by atoms with Crippen molar-refractivity contribution in [3.05, 3.63) is 182 Å². The second-order valence-corrected chi connectivity index (χ2v) is 12.5. The Bertz CT molecular complexity index is 1650. The molecule has 0 fully saturated rings. The SMILES string of the molecule is Brc1ccc(Br)cc1.C.Cc1cccc(N(c2ccccc2)c2ccc(Br)cc2)c1.Cc1cccc(Nc2ccccc2)c1. The summed E-state index contributed by atoms with van der Waals surface area (Å²) in [4.78, 5) is 2.26. The molecular formula is C39H37Br3N2. The lowest BCUT2D eigenvalue weighted by Gasteiger charge is -2.25. The number of benzene rings is 6. The first-order valence-electron chi connectivity index (χ1n) is 13.8. The fourth-order valence-corrected chi connectivity index (χ4v) is 5.02. The van der Waals surface area contributed by atoms with E-state index in [1.165, 1.54) is 16.8 Å². The van der Waals surface area contributed by atoms with E-state index in [1.807, 2.05) is 48.5 Å². The maximum absolute atomic E-state index is 3.50. The number of nitrogens with one attached hydrogen (secondary N) is 1. The van der Waals surface area contributed by atoms with Crippen LogP contribution < -0.4 is 10.2 Å². The van der Waals surface area contributed by atoms with Gasteiger partial charge in [-0.25, -0.2) is 0 Å². The molecular weight excluding hydrogens is 736 g/mol. The van der Waals surface area contributed by atoms with E-state index in [4.69, 9.17) is 0 Å². The average Bonchev–Trinajstić information content (AvgIpc) is 3.02. The molecule has 1 N–H and O–H groups in total. The van der Waals surface area contributed by atoms with E-state index >= 15 is 0 Å². The van der Waals surface area contributed by atoms with Crippen molar-refractivity contribution in [1.29, 1.82) is 0 Å². The second-order valence-electron chi connectivity index (χ2n) is 9.78. The highest BCUT2D eigenvalue weighted by Gasteiger charge is 2.11. The molecule has 0 heterocycles. The zero-order chi connectivity index (χ0) is 30.4. The number of hydrogen-bond acceptors (Lipinski definition) is 2. The van der Waals surface area contributed by atoms with Gasteiger partial charge in [0, 0.05) is 41.9 Å². The van der Waals surface area contributed by atoms with Crippen LogP contribution in [-0.4, -0.2) is 0 Å². The topological polar surface area (TPSA) is 15.3 Å². The van der Waals surface area contributed by atoms with Crippen LogP contribution in [0.5, 0.6) is 0 Å². The van der Waals surface area contributed by atoms with Crippen LogP contribution in [0.1, 0.15) is 18.6 Å². The minimum absolute atomic E-state index is 0. The Morgan fingerprint density at radius 1 is 0.409 bits per heavy atom. The Kier molecular flexibility index (Phi) is 14.4. The summed E-state index contributed by atoms with van der Waals surface area (Å²) < 4.78 is 3.31. The van der Waals surface area contributed by atoms with Gasteiger partial charge in [0.25, 0.3) is 0 Å². The number of halogens is 3. The number of rotatable bonds is 5. The van der Waals surface area contributed by atoms with Gasteiger partial charge in [-0.3, -0.25) is 0 Å². The Morgan fingerprint density at radius 2 is 0.818 bits per heavy atom. The molecule has 0 spiro atoms. The highest BCUT2D eigenvalue weighted by atomic mass is 79.9. The molecule has 0 aliphatic rings. The van der Waals surface area contributed by atoms with E-state index in [0.29, 0.717) is 0 Å². The molecule has 0 amide bonds. The lowest BCUT2D eigenvalue weighted by atomic mass is 10.1. The van der Waals surface area contributed by atoms with Crippen molar-refractivity contribution >= 4 is 76.2 Å². The molecule has 44 heavy (non-hydrogen) atoms. The Morgan fingerprint density at radius 3 is 1.34 bits per heavy atom. The molecule has 0 aliphatic heterocycles. The van der Waals surface area contributed by atoms with Crippen LogP contribution >= 0.6 is 47.8 Å². The first-order valence-corrected chi connectivity index (χ1v) is 16.2. The van der Waals surface area contributed by atoms with Gasteiger partial charge in [-0.15, -0.1) is 0 Å². The molecule has 0 radical (unpaired) electrons. The van der Waals surface area contributed by atoms with E-state index in [0.717, 1.165) is 36.2 Å². The van der Waals surface area contributed by atoms with Crippen molar-refractivity contribution in [2.24, 2.45) is 0 Å². The fraction of sp³-hybridized carbons (Fsp3) is 0.0769. The quantitative estimate of drug-likeness (QED) is 0.188. The summed E-state index contributed by atoms with van der Waals surface area (Å²) in [6, 6.07) is 53.9. The third-order valence-corrected chi connectivity index (χ3v) is 7.83. The van der Waals surface area contributed by atoms with Gasteiger partial charge in [-0.05, 0) is 122 Å². The Hall–Kier alpha value is -3.64. The summed E-state index contributed by atoms with van der Waals surface area (Å²) in [5.41, 5.74) is 8.26. The molecule has 6 rings (SSSR count). The third-order valence-electron chi connectivity index (χ3n) is 6.24. The van der Waals surface area contributed by atoms with Crippen molar-refractivity contribution in [2.75, 3.05) is 10.2 Å². The van der Waals surface area contributed by atoms with Crippen LogP contribution in [0.25, 0.3) is 0 Å². The normalized spacial score (nSPS) is 9.75. The van der Waals surface area contributed by atoms with Gasteiger partial charge in [0.05, 0.1) is 0 Å². The van der Waals surface area contributed by atoms with Crippen molar-refractivity contribution in [3.8, 4) is 0 Å². The summed E-state index contributed by atoms with van der Waals surface area (Å²) >= 11 is 10.1. The number of anilines is 5. The van der Waals surface area contributed by atoms with E-state index in [9.17, 15) is 0 Å². The molecule has 0 aromatic heterocycles. The van der Waals surface area contributed by atoms with E-state index in [2.05, 4.69) is 181 Å². The zero-order valence-corrected chi connectivity index (χ0v) is 28.9. The molecule has 0 saturated heterocycles. The number of para-hydroxylation sites is 2. The van der Waals surface area contributed by atoms with Gasteiger partial charge in [0.1, 0.15) is 0 Å². The third kappa shape index (κ3) is 11.5. The molecule has 2 nitrogen and oxygen atoms in total. The number of aryl methyl sites for hydroxylation is 2. The second kappa shape index (κ2) is 18.2. The molecule has 5 heteroatoms. The predicted octanol–water partition coefficient (Wildman–Crippen LogP) is 13.8. The van der Waals surface area contributed by atoms with Crippen LogP contribution in [0.2, 0.25) is 0 Å². The van der Waals surface area contributed by atoms with Crippen molar-refractivity contribution in [1.82, 2.24) is 0 Å². The van der Waals surface area contributed by atoms with Crippen LogP contribution in [0.4, 0.5) is 28.4 Å². The van der Waals surface area contributed by atoms with E-state index in [1.54, 1.807) is 0 Å². The lowest BCUT2D eigenvalue weighted by Crippen LogP contribution is -2.09. The molecule has 6 aromatic carbocycles. The number of nitrogens with zero attached hydrogens (tertiary/aromatic N) is 1. The lowest BCUT2D eigenvalue weighted by molar-refractivity contribution is 1.27. The summed E-state index contributed by atoms with van der Waals surface area (Å²) in [5.74, 6) is 0. The largest absolute Gasteiger partial charge is 0.356 e. The smallest absolute Gasteiger partial charge is 0.0464 e. The van der Waals surface area contributed by atoms with Crippen molar-refractivity contribution in [3.63, 3.8) is 0 Å². The van der Waals surface area contributed by atoms with Crippen molar-refractivity contribution < 1.29 is 0 Å². The first-order chi connectivity index (χ1) is 20.9. The molecule has 224 valence electrons. The molecule has 0 aliphatic carbocycles. The van der Waals surface area contributed by atoms with Gasteiger partial charge in [-0.2, -0.15) is 0 Å². The van der Waals surface area contributed by atoms with Crippen LogP contribution in [0, 0.1) is 13.8 Å². The predicted molar refractivity (Wildman–Crippen MR) is 203 cm³/mol. The van der Waals surface area contributed by atoms with Crippen LogP contribution in [0.3, 0.4) is 0 Å². The molecule has 6 aromatic rings. The van der Waals surface area contributed by atoms with Gasteiger partial charge >= 0.3 is 0 Å². The maximum atomic E-state index is 3.50. The Balaban J connectivity index is 0.000000198. The van der Waals surface area contributed by atoms with Gasteiger partial charge in [0.15, 0.2) is 0 Å². The minimum Gasteiger partial charge on any atom is -0.356 e. The molecule has 0 saturated carbocycles. The molecule has 0 atom stereocenters. The summed E-state index contributed by atoms with van der Waals surface area (Å²) in [5, 5.41) is 3.34. The maximum Gasteiger partial charge on any atom is 0.0464 e. The van der Waals surface area contributed by atoms with Gasteiger partial charge in [-0.1, -0.05) is 116 Å². The van der Waals surface area contributed by atoms with Gasteiger partial charge < -0.3 is 10.2 Å². The van der Waals surface area contributed by atoms with E-state index in [-0.39, 0.29) is 7.43 Å². The standard InChI is InChI=1S/C19H16BrN.C13H13N.C6H4Br2.CH4/c1-15-6-5-9-19(14-15)21(17-7-3-2-4-8-17)18-12-10-16(20)11-13-18;1-11-6-5-9-13(10-11)14-12-7-3-2-4-8-12;7-5-1-2-6(8)4-3-5;/h2-14H,1H3;2-10,14H,1H3;1-4H;1H4. The average molecular weight is 773 g/mol. The molecule has 0 unspecified atom stereocenters. The highest BCUT2D eigenvalue weighted by molar-refractivity contribution is 9.11. The Labute approximate surface area is 288 Å². The summed E-state index contributed by atoms with van der Waals surface area (Å²) in [6.45, 7) is 4.21. The zero-order valence-electron chi connectivity index (χ0n) is 24.1. The first kappa shape index (κ1) is 34.8.